The van der Waals surface area contributed by atoms with Gasteiger partial charge in [0.2, 0.25) is 10.0 Å². The summed E-state index contributed by atoms with van der Waals surface area (Å²) < 4.78 is 25.9. The maximum absolute atomic E-state index is 12.3. The molecule has 0 aliphatic carbocycles. The van der Waals surface area contributed by atoms with Crippen LogP contribution >= 0.6 is 11.6 Å². The van der Waals surface area contributed by atoms with Gasteiger partial charge in [0, 0.05) is 25.5 Å². The Balaban J connectivity index is 2.27. The third kappa shape index (κ3) is 3.05. The standard InChI is InChI=1S/C11H13ClN2O4S/c12-9-4-10(6-13-5-9)19(17,18)14-3-1-2-8(7-14)11(15)16/h4-6,8H,1-3,7H2,(H,15,16). The monoisotopic (exact) mass is 304 g/mol. The highest BCUT2D eigenvalue weighted by Crippen LogP contribution is 2.24. The zero-order valence-corrected chi connectivity index (χ0v) is 11.6. The molecule has 1 aliphatic rings. The minimum absolute atomic E-state index is 0.00830. The maximum Gasteiger partial charge on any atom is 0.307 e. The van der Waals surface area contributed by atoms with E-state index in [1.807, 2.05) is 0 Å². The third-order valence-electron chi connectivity index (χ3n) is 3.05. The number of piperidine rings is 1. The predicted molar refractivity (Wildman–Crippen MR) is 68.4 cm³/mol. The average Bonchev–Trinajstić information content (AvgIpc) is 2.39. The zero-order valence-electron chi connectivity index (χ0n) is 9.99. The van der Waals surface area contributed by atoms with Gasteiger partial charge < -0.3 is 5.11 Å². The first-order valence-electron chi connectivity index (χ1n) is 5.75. The highest BCUT2D eigenvalue weighted by atomic mass is 35.5. The number of carboxylic acid groups (broad SMARTS) is 1. The highest BCUT2D eigenvalue weighted by molar-refractivity contribution is 7.89. The van der Waals surface area contributed by atoms with Crippen molar-refractivity contribution in [1.82, 2.24) is 9.29 Å². The highest BCUT2D eigenvalue weighted by Gasteiger charge is 2.33. The summed E-state index contributed by atoms with van der Waals surface area (Å²) in [5.41, 5.74) is 0. The molecule has 0 spiro atoms. The zero-order chi connectivity index (χ0) is 14.0. The Morgan fingerprint density at radius 1 is 1.47 bits per heavy atom. The fourth-order valence-electron chi connectivity index (χ4n) is 2.04. The molecule has 6 nitrogen and oxygen atoms in total. The molecule has 1 fully saturated rings. The molecule has 0 amide bonds. The molecule has 104 valence electrons. The summed E-state index contributed by atoms with van der Waals surface area (Å²) in [7, 11) is -3.73. The molecule has 1 aliphatic heterocycles. The van der Waals surface area contributed by atoms with Crippen LogP contribution in [0.5, 0.6) is 0 Å². The van der Waals surface area contributed by atoms with Gasteiger partial charge in [-0.3, -0.25) is 9.78 Å². The van der Waals surface area contributed by atoms with Crippen molar-refractivity contribution in [3.05, 3.63) is 23.5 Å². The van der Waals surface area contributed by atoms with Gasteiger partial charge in [0.05, 0.1) is 10.9 Å². The summed E-state index contributed by atoms with van der Waals surface area (Å²) in [6.45, 7) is 0.308. The van der Waals surface area contributed by atoms with Gasteiger partial charge in [0.15, 0.2) is 0 Å². The largest absolute Gasteiger partial charge is 0.481 e. The minimum Gasteiger partial charge on any atom is -0.481 e. The average molecular weight is 305 g/mol. The Morgan fingerprint density at radius 3 is 2.84 bits per heavy atom. The van der Waals surface area contributed by atoms with Gasteiger partial charge in [0.1, 0.15) is 4.90 Å². The van der Waals surface area contributed by atoms with Crippen LogP contribution in [0.2, 0.25) is 5.02 Å². The van der Waals surface area contributed by atoms with E-state index in [0.717, 1.165) is 0 Å². The van der Waals surface area contributed by atoms with Gasteiger partial charge in [-0.05, 0) is 18.9 Å². The van der Waals surface area contributed by atoms with Crippen LogP contribution < -0.4 is 0 Å². The third-order valence-corrected chi connectivity index (χ3v) is 5.09. The number of aromatic nitrogens is 1. The second kappa shape index (κ2) is 5.44. The van der Waals surface area contributed by atoms with Gasteiger partial charge >= 0.3 is 5.97 Å². The summed E-state index contributed by atoms with van der Waals surface area (Å²) in [5, 5.41) is 9.21. The molecule has 0 aromatic carbocycles. The number of sulfonamides is 1. The van der Waals surface area contributed by atoms with Crippen LogP contribution in [-0.4, -0.2) is 41.9 Å². The van der Waals surface area contributed by atoms with Crippen molar-refractivity contribution < 1.29 is 18.3 Å². The van der Waals surface area contributed by atoms with E-state index in [4.69, 9.17) is 16.7 Å². The van der Waals surface area contributed by atoms with E-state index >= 15 is 0 Å². The molecular formula is C11H13ClN2O4S. The van der Waals surface area contributed by atoms with Crippen molar-refractivity contribution in [3.8, 4) is 0 Å². The Morgan fingerprint density at radius 2 is 2.21 bits per heavy atom. The van der Waals surface area contributed by atoms with E-state index < -0.39 is 21.9 Å². The van der Waals surface area contributed by atoms with Crippen LogP contribution in [-0.2, 0) is 14.8 Å². The van der Waals surface area contributed by atoms with Gasteiger partial charge in [0.25, 0.3) is 0 Å². The molecular weight excluding hydrogens is 292 g/mol. The van der Waals surface area contributed by atoms with E-state index in [1.165, 1.54) is 22.8 Å². The second-order valence-corrected chi connectivity index (χ2v) is 6.75. The van der Waals surface area contributed by atoms with Crippen molar-refractivity contribution in [2.75, 3.05) is 13.1 Å². The van der Waals surface area contributed by atoms with Crippen LogP contribution in [0.3, 0.4) is 0 Å². The Bertz CT molecular complexity index is 590. The smallest absolute Gasteiger partial charge is 0.307 e. The SMILES string of the molecule is O=C(O)C1CCCN(S(=O)(=O)c2cncc(Cl)c2)C1. The number of carboxylic acids is 1. The first kappa shape index (κ1) is 14.2. The van der Waals surface area contributed by atoms with Gasteiger partial charge in [-0.1, -0.05) is 11.6 Å². The lowest BCUT2D eigenvalue weighted by atomic mass is 10.0. The molecule has 0 bridgehead atoms. The molecule has 1 saturated heterocycles. The number of nitrogens with zero attached hydrogens (tertiary/aromatic N) is 2. The summed E-state index contributed by atoms with van der Waals surface area (Å²) in [5.74, 6) is -1.63. The number of rotatable bonds is 3. The summed E-state index contributed by atoms with van der Waals surface area (Å²) in [6, 6.07) is 1.31. The van der Waals surface area contributed by atoms with E-state index in [1.54, 1.807) is 0 Å². The number of pyridine rings is 1. The van der Waals surface area contributed by atoms with E-state index in [9.17, 15) is 13.2 Å². The molecule has 0 saturated carbocycles. The Kier molecular flexibility index (Phi) is 4.07. The van der Waals surface area contributed by atoms with Crippen LogP contribution in [0.25, 0.3) is 0 Å². The molecule has 1 N–H and O–H groups in total. The maximum atomic E-state index is 12.3. The molecule has 1 aromatic rings. The molecule has 2 rings (SSSR count). The molecule has 19 heavy (non-hydrogen) atoms. The van der Waals surface area contributed by atoms with Crippen molar-refractivity contribution in [2.45, 2.75) is 17.7 Å². The predicted octanol–water partition coefficient (Wildman–Crippen LogP) is 1.22. The topological polar surface area (TPSA) is 87.6 Å². The summed E-state index contributed by atoms with van der Waals surface area (Å²) in [6.07, 6.45) is 3.59. The normalized spacial score (nSPS) is 21.2. The fraction of sp³-hybridized carbons (Fsp3) is 0.455. The van der Waals surface area contributed by atoms with Gasteiger partial charge in [-0.25, -0.2) is 8.42 Å². The quantitative estimate of drug-likeness (QED) is 0.907. The Labute approximate surface area is 116 Å². The van der Waals surface area contributed by atoms with E-state index in [-0.39, 0.29) is 16.5 Å². The first-order valence-corrected chi connectivity index (χ1v) is 7.56. The van der Waals surface area contributed by atoms with Gasteiger partial charge in [-0.2, -0.15) is 4.31 Å². The lowest BCUT2D eigenvalue weighted by Gasteiger charge is -2.29. The number of halogens is 1. The van der Waals surface area contributed by atoms with Crippen molar-refractivity contribution in [1.29, 1.82) is 0 Å². The number of hydrogen-bond donors (Lipinski definition) is 1. The summed E-state index contributed by atoms with van der Waals surface area (Å²) >= 11 is 5.73. The van der Waals surface area contributed by atoms with Crippen LogP contribution in [0.15, 0.2) is 23.4 Å². The fourth-order valence-corrected chi connectivity index (χ4v) is 3.80. The van der Waals surface area contributed by atoms with Crippen LogP contribution in [0.1, 0.15) is 12.8 Å². The lowest BCUT2D eigenvalue weighted by Crippen LogP contribution is -2.42. The summed E-state index contributed by atoms with van der Waals surface area (Å²) in [4.78, 5) is 14.7. The van der Waals surface area contributed by atoms with Crippen molar-refractivity contribution in [3.63, 3.8) is 0 Å². The van der Waals surface area contributed by atoms with E-state index in [0.29, 0.717) is 19.4 Å². The Hall–Kier alpha value is -1.18. The van der Waals surface area contributed by atoms with Crippen molar-refractivity contribution >= 4 is 27.6 Å². The molecule has 2 heterocycles. The minimum atomic E-state index is -3.73. The van der Waals surface area contributed by atoms with Crippen LogP contribution in [0, 0.1) is 5.92 Å². The molecule has 1 atom stereocenters. The van der Waals surface area contributed by atoms with Crippen LogP contribution in [0.4, 0.5) is 0 Å². The molecule has 1 unspecified atom stereocenters. The molecule has 0 radical (unpaired) electrons. The first-order chi connectivity index (χ1) is 8.91. The molecule has 8 heteroatoms. The molecule has 1 aromatic heterocycles. The lowest BCUT2D eigenvalue weighted by molar-refractivity contribution is -0.142. The second-order valence-electron chi connectivity index (χ2n) is 4.38. The van der Waals surface area contributed by atoms with E-state index in [2.05, 4.69) is 4.98 Å². The number of hydrogen-bond acceptors (Lipinski definition) is 4. The van der Waals surface area contributed by atoms with Gasteiger partial charge in [-0.15, -0.1) is 0 Å². The number of carbonyl (C=O) groups is 1. The number of aliphatic carboxylic acids is 1. The van der Waals surface area contributed by atoms with Crippen molar-refractivity contribution in [2.24, 2.45) is 5.92 Å².